The molecule has 2 heterocycles. The first-order chi connectivity index (χ1) is 11.0. The molecule has 142 valence electrons. The normalized spacial score (nSPS) is 25.2. The third-order valence-corrected chi connectivity index (χ3v) is 5.02. The summed E-state index contributed by atoms with van der Waals surface area (Å²) in [6.45, 7) is 5.20. The van der Waals surface area contributed by atoms with Crippen molar-refractivity contribution in [2.75, 3.05) is 31.1 Å². The van der Waals surface area contributed by atoms with Crippen LogP contribution in [-0.2, 0) is 4.79 Å². The zero-order valence-electron chi connectivity index (χ0n) is 14.2. The molecular formula is C17H26Cl3N3O2. The van der Waals surface area contributed by atoms with Gasteiger partial charge in [-0.25, -0.2) is 0 Å². The summed E-state index contributed by atoms with van der Waals surface area (Å²) in [6.07, 6.45) is 1.16. The molecule has 2 fully saturated rings. The number of nitrogens with zero attached hydrogens (tertiary/aromatic N) is 1. The molecule has 5 nitrogen and oxygen atoms in total. The quantitative estimate of drug-likeness (QED) is 0.712. The molecule has 0 aromatic heterocycles. The smallest absolute Gasteiger partial charge is 0.237 e. The lowest BCUT2D eigenvalue weighted by molar-refractivity contribution is -0.123. The molecule has 3 N–H and O–H groups in total. The van der Waals surface area contributed by atoms with Crippen molar-refractivity contribution in [3.63, 3.8) is 0 Å². The summed E-state index contributed by atoms with van der Waals surface area (Å²) in [5, 5.41) is 16.3. The highest BCUT2D eigenvalue weighted by atomic mass is 35.5. The maximum absolute atomic E-state index is 12.1. The number of β-amino-alcohol motifs (C(OH)–C–C–N with tert-alkyl or cyclic N) is 1. The van der Waals surface area contributed by atoms with Gasteiger partial charge in [0.1, 0.15) is 0 Å². The Morgan fingerprint density at radius 1 is 1.44 bits per heavy atom. The number of carbonyl (C=O) groups is 1. The van der Waals surface area contributed by atoms with E-state index in [0.29, 0.717) is 25.4 Å². The molecule has 8 heteroatoms. The van der Waals surface area contributed by atoms with Crippen molar-refractivity contribution in [1.82, 2.24) is 10.6 Å². The van der Waals surface area contributed by atoms with E-state index in [0.717, 1.165) is 24.5 Å². The fourth-order valence-electron chi connectivity index (χ4n) is 3.43. The van der Waals surface area contributed by atoms with Crippen LogP contribution in [0.5, 0.6) is 0 Å². The van der Waals surface area contributed by atoms with Gasteiger partial charge in [-0.3, -0.25) is 4.79 Å². The topological polar surface area (TPSA) is 64.6 Å². The Morgan fingerprint density at radius 2 is 2.20 bits per heavy atom. The number of hydrogen-bond acceptors (Lipinski definition) is 4. The minimum Gasteiger partial charge on any atom is -0.392 e. The fourth-order valence-corrected chi connectivity index (χ4v) is 3.59. The average molecular weight is 411 g/mol. The molecule has 0 radical (unpaired) electrons. The highest BCUT2D eigenvalue weighted by molar-refractivity contribution is 6.30. The van der Waals surface area contributed by atoms with Gasteiger partial charge in [0.2, 0.25) is 5.91 Å². The summed E-state index contributed by atoms with van der Waals surface area (Å²) in [6, 6.07) is 5.72. The monoisotopic (exact) mass is 409 g/mol. The van der Waals surface area contributed by atoms with Crippen LogP contribution in [0.1, 0.15) is 18.4 Å². The molecular weight excluding hydrogens is 385 g/mol. The second kappa shape index (κ2) is 9.83. The van der Waals surface area contributed by atoms with Crippen molar-refractivity contribution < 1.29 is 9.90 Å². The van der Waals surface area contributed by atoms with Gasteiger partial charge in [-0.05, 0) is 43.4 Å². The SMILES string of the molecule is Cc1ccc(Cl)cc1N1CCC(CNC(=O)C2CC(O)CN2)C1.Cl.Cl. The van der Waals surface area contributed by atoms with Gasteiger partial charge < -0.3 is 20.6 Å². The Kier molecular flexibility index (Phi) is 8.78. The van der Waals surface area contributed by atoms with Crippen LogP contribution in [0.4, 0.5) is 5.69 Å². The first kappa shape index (κ1) is 22.3. The summed E-state index contributed by atoms with van der Waals surface area (Å²) in [5.41, 5.74) is 2.41. The first-order valence-corrected chi connectivity index (χ1v) is 8.61. The van der Waals surface area contributed by atoms with Gasteiger partial charge in [0.15, 0.2) is 0 Å². The number of amides is 1. The van der Waals surface area contributed by atoms with E-state index in [1.54, 1.807) is 0 Å². The summed E-state index contributed by atoms with van der Waals surface area (Å²) < 4.78 is 0. The summed E-state index contributed by atoms with van der Waals surface area (Å²) in [5.74, 6) is 0.447. The average Bonchev–Trinajstić information content (AvgIpc) is 3.16. The van der Waals surface area contributed by atoms with Gasteiger partial charge in [-0.2, -0.15) is 0 Å². The Morgan fingerprint density at radius 3 is 2.88 bits per heavy atom. The molecule has 0 saturated carbocycles. The van der Waals surface area contributed by atoms with Crippen LogP contribution in [0.3, 0.4) is 0 Å². The molecule has 3 atom stereocenters. The lowest BCUT2D eigenvalue weighted by Crippen LogP contribution is -2.42. The third kappa shape index (κ3) is 5.63. The second-order valence-corrected chi connectivity index (χ2v) is 7.06. The van der Waals surface area contributed by atoms with E-state index in [9.17, 15) is 9.90 Å². The zero-order chi connectivity index (χ0) is 16.4. The summed E-state index contributed by atoms with van der Waals surface area (Å²) in [7, 11) is 0. The maximum atomic E-state index is 12.1. The van der Waals surface area contributed by atoms with Crippen LogP contribution < -0.4 is 15.5 Å². The minimum atomic E-state index is -0.404. The Balaban J connectivity index is 0.00000156. The first-order valence-electron chi connectivity index (χ1n) is 8.23. The van der Waals surface area contributed by atoms with Crippen molar-refractivity contribution >= 4 is 48.0 Å². The highest BCUT2D eigenvalue weighted by Gasteiger charge is 2.29. The number of aliphatic hydroxyl groups is 1. The van der Waals surface area contributed by atoms with Gasteiger partial charge in [-0.1, -0.05) is 17.7 Å². The molecule has 2 saturated heterocycles. The van der Waals surface area contributed by atoms with Crippen LogP contribution in [0.25, 0.3) is 0 Å². The zero-order valence-corrected chi connectivity index (χ0v) is 16.6. The molecule has 0 spiro atoms. The van der Waals surface area contributed by atoms with Crippen molar-refractivity contribution in [2.45, 2.75) is 31.9 Å². The molecule has 3 unspecified atom stereocenters. The maximum Gasteiger partial charge on any atom is 0.237 e. The fraction of sp³-hybridized carbons (Fsp3) is 0.588. The van der Waals surface area contributed by atoms with E-state index in [1.807, 2.05) is 18.2 Å². The number of benzene rings is 1. The van der Waals surface area contributed by atoms with Crippen LogP contribution in [-0.4, -0.2) is 49.3 Å². The van der Waals surface area contributed by atoms with Crippen molar-refractivity contribution in [3.05, 3.63) is 28.8 Å². The molecule has 25 heavy (non-hydrogen) atoms. The lowest BCUT2D eigenvalue weighted by Gasteiger charge is -2.21. The minimum absolute atomic E-state index is 0. The standard InChI is InChI=1S/C17H24ClN3O2.2ClH/c1-11-2-3-13(18)6-16(11)21-5-4-12(10-21)8-20-17(23)15-7-14(22)9-19-15;;/h2-3,6,12,14-15,19,22H,4-5,7-10H2,1H3,(H,20,23);2*1H. The molecule has 1 amide bonds. The van der Waals surface area contributed by atoms with Gasteiger partial charge in [0, 0.05) is 36.9 Å². The third-order valence-electron chi connectivity index (χ3n) is 4.79. The van der Waals surface area contributed by atoms with Gasteiger partial charge in [0.05, 0.1) is 12.1 Å². The van der Waals surface area contributed by atoms with Crippen LogP contribution >= 0.6 is 36.4 Å². The number of carbonyl (C=O) groups excluding carboxylic acids is 1. The van der Waals surface area contributed by atoms with E-state index in [1.165, 1.54) is 11.3 Å². The van der Waals surface area contributed by atoms with E-state index in [-0.39, 0.29) is 36.8 Å². The molecule has 1 aromatic rings. The van der Waals surface area contributed by atoms with Gasteiger partial charge in [-0.15, -0.1) is 24.8 Å². The molecule has 0 aliphatic carbocycles. The predicted octanol–water partition coefficient (Wildman–Crippen LogP) is 2.16. The van der Waals surface area contributed by atoms with Crippen molar-refractivity contribution in [2.24, 2.45) is 5.92 Å². The highest BCUT2D eigenvalue weighted by Crippen LogP contribution is 2.29. The number of aliphatic hydroxyl groups excluding tert-OH is 1. The van der Waals surface area contributed by atoms with Gasteiger partial charge >= 0.3 is 0 Å². The van der Waals surface area contributed by atoms with E-state index in [4.69, 9.17) is 11.6 Å². The Hall–Kier alpha value is -0.720. The predicted molar refractivity (Wildman–Crippen MR) is 106 cm³/mol. The molecule has 3 rings (SSSR count). The van der Waals surface area contributed by atoms with E-state index < -0.39 is 6.10 Å². The molecule has 2 aliphatic rings. The number of anilines is 1. The number of nitrogens with one attached hydrogen (secondary N) is 2. The van der Waals surface area contributed by atoms with Crippen molar-refractivity contribution in [3.8, 4) is 0 Å². The number of aryl methyl sites for hydroxylation is 1. The molecule has 1 aromatic carbocycles. The summed E-state index contributed by atoms with van der Waals surface area (Å²) in [4.78, 5) is 14.4. The Labute approximate surface area is 166 Å². The van der Waals surface area contributed by atoms with E-state index in [2.05, 4.69) is 22.5 Å². The van der Waals surface area contributed by atoms with Crippen LogP contribution in [0, 0.1) is 12.8 Å². The van der Waals surface area contributed by atoms with Crippen molar-refractivity contribution in [1.29, 1.82) is 0 Å². The van der Waals surface area contributed by atoms with Gasteiger partial charge in [0.25, 0.3) is 0 Å². The molecule has 0 bridgehead atoms. The van der Waals surface area contributed by atoms with E-state index >= 15 is 0 Å². The largest absolute Gasteiger partial charge is 0.392 e. The lowest BCUT2D eigenvalue weighted by atomic mass is 10.1. The van der Waals surface area contributed by atoms with Crippen LogP contribution in [0.2, 0.25) is 5.02 Å². The number of hydrogen-bond donors (Lipinski definition) is 3. The number of rotatable bonds is 4. The Bertz CT molecular complexity index is 588. The van der Waals surface area contributed by atoms with Crippen LogP contribution in [0.15, 0.2) is 18.2 Å². The number of halogens is 3. The second-order valence-electron chi connectivity index (χ2n) is 6.63. The molecule has 2 aliphatic heterocycles. The summed E-state index contributed by atoms with van der Waals surface area (Å²) >= 11 is 6.11.